The largest absolute Gasteiger partial charge is 0.395 e. The van der Waals surface area contributed by atoms with Crippen molar-refractivity contribution < 1.29 is 5.11 Å². The molecule has 1 aromatic heterocycles. The van der Waals surface area contributed by atoms with Gasteiger partial charge in [0.15, 0.2) is 5.13 Å². The third-order valence-corrected chi connectivity index (χ3v) is 4.21. The predicted molar refractivity (Wildman–Crippen MR) is 67.3 cm³/mol. The molecule has 2 rings (SSSR count). The van der Waals surface area contributed by atoms with Gasteiger partial charge in [-0.15, -0.1) is 11.3 Å². The summed E-state index contributed by atoms with van der Waals surface area (Å²) in [5, 5.41) is 10.0. The third kappa shape index (κ3) is 2.53. The zero-order valence-electron chi connectivity index (χ0n) is 9.94. The van der Waals surface area contributed by atoms with Gasteiger partial charge in [0, 0.05) is 37.6 Å². The van der Waals surface area contributed by atoms with Crippen molar-refractivity contribution in [2.75, 3.05) is 44.2 Å². The second kappa shape index (κ2) is 5.12. The van der Waals surface area contributed by atoms with E-state index in [2.05, 4.69) is 28.6 Å². The number of hydrogen-bond donors (Lipinski definition) is 1. The zero-order valence-corrected chi connectivity index (χ0v) is 10.8. The Morgan fingerprint density at radius 1 is 1.25 bits per heavy atom. The van der Waals surface area contributed by atoms with Gasteiger partial charge in [-0.05, 0) is 13.8 Å². The van der Waals surface area contributed by atoms with Crippen molar-refractivity contribution in [2.24, 2.45) is 0 Å². The van der Waals surface area contributed by atoms with Gasteiger partial charge >= 0.3 is 0 Å². The van der Waals surface area contributed by atoms with E-state index in [1.165, 1.54) is 4.88 Å². The number of rotatable bonds is 3. The van der Waals surface area contributed by atoms with Gasteiger partial charge in [0.1, 0.15) is 0 Å². The van der Waals surface area contributed by atoms with Crippen molar-refractivity contribution in [3.05, 3.63) is 10.6 Å². The fourth-order valence-corrected chi connectivity index (χ4v) is 2.86. The molecule has 1 N–H and O–H groups in total. The number of nitrogens with zero attached hydrogens (tertiary/aromatic N) is 3. The lowest BCUT2D eigenvalue weighted by atomic mass is 10.3. The Kier molecular flexibility index (Phi) is 3.78. The van der Waals surface area contributed by atoms with Crippen LogP contribution in [0.2, 0.25) is 0 Å². The molecule has 0 aromatic carbocycles. The maximum Gasteiger partial charge on any atom is 0.185 e. The molecule has 0 atom stereocenters. The van der Waals surface area contributed by atoms with E-state index in [9.17, 15) is 0 Å². The normalized spacial score (nSPS) is 18.1. The molecule has 0 saturated carbocycles. The molecule has 90 valence electrons. The molecule has 0 bridgehead atoms. The number of anilines is 1. The molecule has 0 amide bonds. The first-order valence-electron chi connectivity index (χ1n) is 5.73. The molecule has 5 heteroatoms. The summed E-state index contributed by atoms with van der Waals surface area (Å²) in [7, 11) is 0. The molecule has 1 fully saturated rings. The van der Waals surface area contributed by atoms with E-state index in [1.54, 1.807) is 11.3 Å². The number of aromatic nitrogens is 1. The second-order valence-corrected chi connectivity index (χ2v) is 5.37. The van der Waals surface area contributed by atoms with Gasteiger partial charge in [-0.25, -0.2) is 4.98 Å². The van der Waals surface area contributed by atoms with Gasteiger partial charge in [-0.3, -0.25) is 4.90 Å². The average Bonchev–Trinajstić information content (AvgIpc) is 2.61. The average molecular weight is 241 g/mol. The Labute approximate surface area is 101 Å². The van der Waals surface area contributed by atoms with Crippen LogP contribution in [0, 0.1) is 13.8 Å². The van der Waals surface area contributed by atoms with Gasteiger partial charge in [0.25, 0.3) is 0 Å². The molecule has 1 aromatic rings. The third-order valence-electron chi connectivity index (χ3n) is 3.08. The molecule has 16 heavy (non-hydrogen) atoms. The fraction of sp³-hybridized carbons (Fsp3) is 0.727. The monoisotopic (exact) mass is 241 g/mol. The Morgan fingerprint density at radius 2 is 1.94 bits per heavy atom. The first kappa shape index (κ1) is 11.8. The second-order valence-electron chi connectivity index (χ2n) is 4.19. The van der Waals surface area contributed by atoms with Crippen LogP contribution in [0.25, 0.3) is 0 Å². The lowest BCUT2D eigenvalue weighted by Gasteiger charge is -2.34. The maximum atomic E-state index is 8.88. The van der Waals surface area contributed by atoms with Crippen LogP contribution >= 0.6 is 11.3 Å². The van der Waals surface area contributed by atoms with Gasteiger partial charge in [0.05, 0.1) is 12.3 Å². The molecule has 0 aliphatic carbocycles. The smallest absolute Gasteiger partial charge is 0.185 e. The summed E-state index contributed by atoms with van der Waals surface area (Å²) in [5.41, 5.74) is 1.15. The van der Waals surface area contributed by atoms with Crippen LogP contribution in [0.5, 0.6) is 0 Å². The number of aliphatic hydroxyl groups is 1. The zero-order chi connectivity index (χ0) is 11.5. The van der Waals surface area contributed by atoms with Crippen LogP contribution < -0.4 is 4.90 Å². The molecule has 2 heterocycles. The Balaban J connectivity index is 1.93. The molecule has 0 spiro atoms. The fourth-order valence-electron chi connectivity index (χ4n) is 1.90. The van der Waals surface area contributed by atoms with Crippen molar-refractivity contribution in [1.29, 1.82) is 0 Å². The van der Waals surface area contributed by atoms with E-state index < -0.39 is 0 Å². The van der Waals surface area contributed by atoms with Crippen LogP contribution in [0.1, 0.15) is 10.6 Å². The number of β-amino-alcohol motifs (C(OH)–C–C–N with tert-alkyl or cyclic N) is 1. The van der Waals surface area contributed by atoms with E-state index in [0.29, 0.717) is 0 Å². The Morgan fingerprint density at radius 3 is 2.44 bits per heavy atom. The maximum absolute atomic E-state index is 8.88. The van der Waals surface area contributed by atoms with E-state index >= 15 is 0 Å². The summed E-state index contributed by atoms with van der Waals surface area (Å²) in [6.45, 7) is 9.34. The van der Waals surface area contributed by atoms with Gasteiger partial charge < -0.3 is 10.0 Å². The first-order chi connectivity index (χ1) is 7.70. The first-order valence-corrected chi connectivity index (χ1v) is 6.54. The highest BCUT2D eigenvalue weighted by Crippen LogP contribution is 2.25. The molecule has 4 nitrogen and oxygen atoms in total. The summed E-state index contributed by atoms with van der Waals surface area (Å²) in [6.07, 6.45) is 0. The topological polar surface area (TPSA) is 39.6 Å². The van der Waals surface area contributed by atoms with Crippen molar-refractivity contribution in [3.8, 4) is 0 Å². The minimum atomic E-state index is 0.259. The van der Waals surface area contributed by atoms with Crippen molar-refractivity contribution >= 4 is 16.5 Å². The molecule has 0 unspecified atom stereocenters. The number of thiazole rings is 1. The van der Waals surface area contributed by atoms with Gasteiger partial charge in [0.2, 0.25) is 0 Å². The van der Waals surface area contributed by atoms with Gasteiger partial charge in [-0.2, -0.15) is 0 Å². The van der Waals surface area contributed by atoms with Crippen molar-refractivity contribution in [3.63, 3.8) is 0 Å². The highest BCUT2D eigenvalue weighted by Gasteiger charge is 2.19. The minimum Gasteiger partial charge on any atom is -0.395 e. The summed E-state index contributed by atoms with van der Waals surface area (Å²) in [4.78, 5) is 10.5. The minimum absolute atomic E-state index is 0.259. The SMILES string of the molecule is Cc1nc(N2CCN(CCO)CC2)sc1C. The lowest BCUT2D eigenvalue weighted by Crippen LogP contribution is -2.47. The standard InChI is InChI=1S/C11H19N3OS/c1-9-10(2)16-11(12-9)14-5-3-13(4-6-14)7-8-15/h15H,3-8H2,1-2H3. The molecular formula is C11H19N3OS. The number of aryl methyl sites for hydroxylation is 2. The van der Waals surface area contributed by atoms with E-state index in [1.807, 2.05) is 0 Å². The van der Waals surface area contributed by atoms with Crippen LogP contribution in [0.4, 0.5) is 5.13 Å². The molecular weight excluding hydrogens is 222 g/mol. The van der Waals surface area contributed by atoms with Crippen LogP contribution in [0.3, 0.4) is 0 Å². The summed E-state index contributed by atoms with van der Waals surface area (Å²) < 4.78 is 0. The summed E-state index contributed by atoms with van der Waals surface area (Å²) in [6, 6.07) is 0. The Hall–Kier alpha value is -0.650. The van der Waals surface area contributed by atoms with Crippen LogP contribution in [-0.2, 0) is 0 Å². The van der Waals surface area contributed by atoms with Gasteiger partial charge in [-0.1, -0.05) is 0 Å². The van der Waals surface area contributed by atoms with Crippen LogP contribution in [-0.4, -0.2) is 54.3 Å². The highest BCUT2D eigenvalue weighted by molar-refractivity contribution is 7.15. The molecule has 1 aliphatic heterocycles. The van der Waals surface area contributed by atoms with E-state index in [0.717, 1.165) is 43.5 Å². The van der Waals surface area contributed by atoms with Crippen molar-refractivity contribution in [2.45, 2.75) is 13.8 Å². The highest BCUT2D eigenvalue weighted by atomic mass is 32.1. The number of aliphatic hydroxyl groups excluding tert-OH is 1. The van der Waals surface area contributed by atoms with E-state index in [-0.39, 0.29) is 6.61 Å². The predicted octanol–water partition coefficient (Wildman–Crippen LogP) is 0.874. The number of hydrogen-bond acceptors (Lipinski definition) is 5. The Bertz CT molecular complexity index is 325. The number of piperazine rings is 1. The molecule has 0 radical (unpaired) electrons. The van der Waals surface area contributed by atoms with Crippen LogP contribution in [0.15, 0.2) is 0 Å². The quantitative estimate of drug-likeness (QED) is 0.852. The molecule has 1 saturated heterocycles. The lowest BCUT2D eigenvalue weighted by molar-refractivity contribution is 0.189. The van der Waals surface area contributed by atoms with E-state index in [4.69, 9.17) is 5.11 Å². The molecule has 1 aliphatic rings. The summed E-state index contributed by atoms with van der Waals surface area (Å²) in [5.74, 6) is 0. The summed E-state index contributed by atoms with van der Waals surface area (Å²) >= 11 is 1.78. The van der Waals surface area contributed by atoms with Crippen molar-refractivity contribution in [1.82, 2.24) is 9.88 Å².